The third-order valence-electron chi connectivity index (χ3n) is 4.12. The van der Waals surface area contributed by atoms with Crippen molar-refractivity contribution in [1.29, 1.82) is 0 Å². The molecule has 0 aliphatic rings. The Labute approximate surface area is 164 Å². The van der Waals surface area contributed by atoms with Gasteiger partial charge in [-0.25, -0.2) is 0 Å². The Morgan fingerprint density at radius 2 is 1.63 bits per heavy atom. The summed E-state index contributed by atoms with van der Waals surface area (Å²) in [6.45, 7) is 1.90. The first kappa shape index (κ1) is 19.0. The van der Waals surface area contributed by atoms with Crippen molar-refractivity contribution in [2.45, 2.75) is 23.5 Å². The normalized spacial score (nSPS) is 11.6. The van der Waals surface area contributed by atoms with Crippen LogP contribution in [0, 0.1) is 0 Å². The molecule has 27 heavy (non-hydrogen) atoms. The van der Waals surface area contributed by atoms with Gasteiger partial charge in [-0.1, -0.05) is 12.1 Å². The number of aromatic nitrogens is 1. The highest BCUT2D eigenvalue weighted by molar-refractivity contribution is 8.00. The van der Waals surface area contributed by atoms with Gasteiger partial charge in [-0.15, -0.1) is 11.8 Å². The van der Waals surface area contributed by atoms with Gasteiger partial charge >= 0.3 is 0 Å². The Bertz CT molecular complexity index is 865. The van der Waals surface area contributed by atoms with Crippen molar-refractivity contribution in [3.05, 3.63) is 84.2 Å². The maximum absolute atomic E-state index is 12.5. The predicted octanol–water partition coefficient (Wildman–Crippen LogP) is 4.80. The summed E-state index contributed by atoms with van der Waals surface area (Å²) in [5.74, 6) is 0.793. The molecule has 1 atom stereocenters. The molecule has 0 spiro atoms. The fourth-order valence-corrected chi connectivity index (χ4v) is 3.47. The Balaban J connectivity index is 1.54. The van der Waals surface area contributed by atoms with Crippen LogP contribution in [0.1, 0.15) is 18.1 Å². The number of nitrogens with one attached hydrogen (secondary N) is 1. The topological polar surface area (TPSA) is 51.2 Å². The average Bonchev–Trinajstić information content (AvgIpc) is 2.71. The molecule has 5 heteroatoms. The van der Waals surface area contributed by atoms with Gasteiger partial charge in [-0.2, -0.15) is 0 Å². The Hall–Kier alpha value is -2.79. The number of rotatable bonds is 7. The molecule has 1 N–H and O–H groups in total. The van der Waals surface area contributed by atoms with Crippen LogP contribution in [0.3, 0.4) is 0 Å². The maximum atomic E-state index is 12.5. The summed E-state index contributed by atoms with van der Waals surface area (Å²) >= 11 is 1.52. The molecule has 4 nitrogen and oxygen atoms in total. The summed E-state index contributed by atoms with van der Waals surface area (Å²) < 4.78 is 5.16. The second kappa shape index (κ2) is 9.24. The van der Waals surface area contributed by atoms with E-state index in [9.17, 15) is 4.79 Å². The standard InChI is InChI=1S/C22H22N2O2S/c1-16(27-21-9-7-20(26-2)8-10-21)22(25)24-19-5-3-17(4-6-19)15-18-11-13-23-14-12-18/h3-14,16H,15H2,1-2H3,(H,24,25)/t16-/m0/s1. The van der Waals surface area contributed by atoms with Crippen LogP contribution in [0.15, 0.2) is 78.0 Å². The van der Waals surface area contributed by atoms with Crippen LogP contribution < -0.4 is 10.1 Å². The monoisotopic (exact) mass is 378 g/mol. The van der Waals surface area contributed by atoms with E-state index in [0.717, 1.165) is 22.8 Å². The fraction of sp³-hybridized carbons (Fsp3) is 0.182. The van der Waals surface area contributed by atoms with E-state index < -0.39 is 0 Å². The summed E-state index contributed by atoms with van der Waals surface area (Å²) in [5, 5.41) is 2.78. The van der Waals surface area contributed by atoms with Crippen molar-refractivity contribution in [3.63, 3.8) is 0 Å². The van der Waals surface area contributed by atoms with E-state index in [1.54, 1.807) is 19.5 Å². The molecular formula is C22H22N2O2S. The van der Waals surface area contributed by atoms with Crippen LogP contribution >= 0.6 is 11.8 Å². The van der Waals surface area contributed by atoms with Gasteiger partial charge in [0.15, 0.2) is 0 Å². The summed E-state index contributed by atoms with van der Waals surface area (Å²) in [6, 6.07) is 19.7. The highest BCUT2D eigenvalue weighted by Gasteiger charge is 2.14. The van der Waals surface area contributed by atoms with E-state index in [1.165, 1.54) is 22.9 Å². The largest absolute Gasteiger partial charge is 0.497 e. The van der Waals surface area contributed by atoms with Gasteiger partial charge in [0.05, 0.1) is 12.4 Å². The maximum Gasteiger partial charge on any atom is 0.237 e. The predicted molar refractivity (Wildman–Crippen MR) is 110 cm³/mol. The first-order valence-corrected chi connectivity index (χ1v) is 9.61. The number of hydrogen-bond donors (Lipinski definition) is 1. The van der Waals surface area contributed by atoms with Crippen molar-refractivity contribution in [2.75, 3.05) is 12.4 Å². The zero-order valence-electron chi connectivity index (χ0n) is 15.4. The molecule has 0 aliphatic carbocycles. The van der Waals surface area contributed by atoms with Crippen molar-refractivity contribution < 1.29 is 9.53 Å². The number of pyridine rings is 1. The van der Waals surface area contributed by atoms with E-state index in [2.05, 4.69) is 10.3 Å². The molecule has 3 aromatic rings. The van der Waals surface area contributed by atoms with Crippen molar-refractivity contribution in [3.8, 4) is 5.75 Å². The molecule has 0 bridgehead atoms. The number of benzene rings is 2. The molecule has 2 aromatic carbocycles. The van der Waals surface area contributed by atoms with Gasteiger partial charge in [-0.05, 0) is 73.0 Å². The number of carbonyl (C=O) groups is 1. The summed E-state index contributed by atoms with van der Waals surface area (Å²) in [7, 11) is 1.64. The van der Waals surface area contributed by atoms with Gasteiger partial charge in [0, 0.05) is 23.0 Å². The lowest BCUT2D eigenvalue weighted by molar-refractivity contribution is -0.115. The lowest BCUT2D eigenvalue weighted by Gasteiger charge is -2.13. The summed E-state index contributed by atoms with van der Waals surface area (Å²) in [6.07, 6.45) is 4.44. The third kappa shape index (κ3) is 5.59. The first-order chi connectivity index (χ1) is 13.1. The molecule has 0 saturated carbocycles. The lowest BCUT2D eigenvalue weighted by Crippen LogP contribution is -2.22. The number of thioether (sulfide) groups is 1. The molecule has 0 fully saturated rings. The Morgan fingerprint density at radius 3 is 2.26 bits per heavy atom. The number of anilines is 1. The highest BCUT2D eigenvalue weighted by atomic mass is 32.2. The first-order valence-electron chi connectivity index (χ1n) is 8.73. The van der Waals surface area contributed by atoms with Gasteiger partial charge in [0.25, 0.3) is 0 Å². The van der Waals surface area contributed by atoms with Gasteiger partial charge < -0.3 is 10.1 Å². The highest BCUT2D eigenvalue weighted by Crippen LogP contribution is 2.26. The molecule has 0 saturated heterocycles. The van der Waals surface area contributed by atoms with E-state index in [-0.39, 0.29) is 11.2 Å². The molecule has 1 heterocycles. The Morgan fingerprint density at radius 1 is 1.00 bits per heavy atom. The molecule has 0 unspecified atom stereocenters. The number of ether oxygens (including phenoxy) is 1. The second-order valence-electron chi connectivity index (χ2n) is 6.15. The Kier molecular flexibility index (Phi) is 6.49. The zero-order chi connectivity index (χ0) is 19.1. The fourth-order valence-electron chi connectivity index (χ4n) is 2.60. The molecular weight excluding hydrogens is 356 g/mol. The van der Waals surface area contributed by atoms with E-state index in [1.807, 2.05) is 67.6 Å². The number of amides is 1. The van der Waals surface area contributed by atoms with Crippen LogP contribution in [-0.4, -0.2) is 23.3 Å². The van der Waals surface area contributed by atoms with Crippen molar-refractivity contribution >= 4 is 23.4 Å². The minimum Gasteiger partial charge on any atom is -0.497 e. The second-order valence-corrected chi connectivity index (χ2v) is 7.57. The minimum absolute atomic E-state index is 0.0160. The number of nitrogens with zero attached hydrogens (tertiary/aromatic N) is 1. The third-order valence-corrected chi connectivity index (χ3v) is 5.23. The van der Waals surface area contributed by atoms with Crippen LogP contribution in [0.2, 0.25) is 0 Å². The van der Waals surface area contributed by atoms with Crippen LogP contribution in [0.4, 0.5) is 5.69 Å². The van der Waals surface area contributed by atoms with Gasteiger partial charge in [0.1, 0.15) is 5.75 Å². The van der Waals surface area contributed by atoms with Gasteiger partial charge in [0.2, 0.25) is 5.91 Å². The average molecular weight is 378 g/mol. The number of methoxy groups -OCH3 is 1. The molecule has 1 aromatic heterocycles. The quantitative estimate of drug-likeness (QED) is 0.600. The SMILES string of the molecule is COc1ccc(S[C@@H](C)C(=O)Nc2ccc(Cc3ccncc3)cc2)cc1. The minimum atomic E-state index is -0.199. The van der Waals surface area contributed by atoms with E-state index in [0.29, 0.717) is 0 Å². The molecule has 1 amide bonds. The smallest absolute Gasteiger partial charge is 0.237 e. The number of hydrogen-bond acceptors (Lipinski definition) is 4. The van der Waals surface area contributed by atoms with Crippen LogP contribution in [-0.2, 0) is 11.2 Å². The molecule has 138 valence electrons. The summed E-state index contributed by atoms with van der Waals surface area (Å²) in [5.41, 5.74) is 3.21. The van der Waals surface area contributed by atoms with Gasteiger partial charge in [-0.3, -0.25) is 9.78 Å². The number of carbonyl (C=O) groups excluding carboxylic acids is 1. The van der Waals surface area contributed by atoms with E-state index >= 15 is 0 Å². The lowest BCUT2D eigenvalue weighted by atomic mass is 10.1. The zero-order valence-corrected chi connectivity index (χ0v) is 16.2. The summed E-state index contributed by atoms with van der Waals surface area (Å²) in [4.78, 5) is 17.5. The van der Waals surface area contributed by atoms with Crippen LogP contribution in [0.5, 0.6) is 5.75 Å². The van der Waals surface area contributed by atoms with E-state index in [4.69, 9.17) is 4.74 Å². The molecule has 0 aliphatic heterocycles. The van der Waals surface area contributed by atoms with Crippen molar-refractivity contribution in [1.82, 2.24) is 4.98 Å². The van der Waals surface area contributed by atoms with Crippen LogP contribution in [0.25, 0.3) is 0 Å². The van der Waals surface area contributed by atoms with Crippen molar-refractivity contribution in [2.24, 2.45) is 0 Å². The molecule has 3 rings (SSSR count). The molecule has 0 radical (unpaired) electrons.